The third-order valence-electron chi connectivity index (χ3n) is 4.12. The predicted octanol–water partition coefficient (Wildman–Crippen LogP) is 2.85. The highest BCUT2D eigenvalue weighted by atomic mass is 16.5. The van der Waals surface area contributed by atoms with Crippen molar-refractivity contribution < 1.29 is 14.3 Å². The van der Waals surface area contributed by atoms with Crippen molar-refractivity contribution in [3.8, 4) is 11.5 Å². The van der Waals surface area contributed by atoms with Crippen molar-refractivity contribution in [2.45, 2.75) is 26.8 Å². The highest BCUT2D eigenvalue weighted by molar-refractivity contribution is 5.77. The number of amides is 1. The van der Waals surface area contributed by atoms with Crippen LogP contribution < -0.4 is 20.1 Å². The Morgan fingerprint density at radius 2 is 1.92 bits per heavy atom. The Hall–Kier alpha value is -2.53. The molecule has 26 heavy (non-hydrogen) atoms. The van der Waals surface area contributed by atoms with Crippen LogP contribution in [-0.4, -0.2) is 32.7 Å². The van der Waals surface area contributed by atoms with Gasteiger partial charge in [-0.05, 0) is 55.6 Å². The number of rotatable bonds is 10. The van der Waals surface area contributed by atoms with E-state index in [1.165, 1.54) is 11.1 Å². The van der Waals surface area contributed by atoms with Gasteiger partial charge in [-0.3, -0.25) is 4.79 Å². The average Bonchev–Trinajstić information content (AvgIpc) is 2.65. The first-order valence-corrected chi connectivity index (χ1v) is 8.95. The van der Waals surface area contributed by atoms with Gasteiger partial charge in [-0.2, -0.15) is 0 Å². The summed E-state index contributed by atoms with van der Waals surface area (Å²) in [7, 11) is 1.60. The zero-order chi connectivity index (χ0) is 18.8. The molecule has 2 rings (SSSR count). The summed E-state index contributed by atoms with van der Waals surface area (Å²) in [4.78, 5) is 11.5. The molecule has 2 aromatic rings. The zero-order valence-corrected chi connectivity index (χ0v) is 15.8. The first-order valence-electron chi connectivity index (χ1n) is 8.95. The number of carbonyl (C=O) groups is 1. The van der Waals surface area contributed by atoms with E-state index in [9.17, 15) is 4.79 Å². The summed E-state index contributed by atoms with van der Waals surface area (Å²) in [5.74, 6) is 1.06. The van der Waals surface area contributed by atoms with Gasteiger partial charge in [-0.15, -0.1) is 0 Å². The quantitative estimate of drug-likeness (QED) is 0.643. The highest BCUT2D eigenvalue weighted by Gasteiger charge is 2.08. The van der Waals surface area contributed by atoms with Gasteiger partial charge in [-0.1, -0.05) is 30.3 Å². The van der Waals surface area contributed by atoms with Crippen LogP contribution in [0.4, 0.5) is 0 Å². The largest absolute Gasteiger partial charge is 0.493 e. The van der Waals surface area contributed by atoms with Crippen LogP contribution in [0.2, 0.25) is 0 Å². The van der Waals surface area contributed by atoms with E-state index in [-0.39, 0.29) is 12.5 Å². The minimum absolute atomic E-state index is 0.0157. The van der Waals surface area contributed by atoms with Gasteiger partial charge in [-0.25, -0.2) is 0 Å². The topological polar surface area (TPSA) is 59.6 Å². The van der Waals surface area contributed by atoms with Crippen LogP contribution in [0.5, 0.6) is 11.5 Å². The lowest BCUT2D eigenvalue weighted by Crippen LogP contribution is -2.28. The zero-order valence-electron chi connectivity index (χ0n) is 15.8. The molecule has 0 bridgehead atoms. The minimum Gasteiger partial charge on any atom is -0.493 e. The number of benzene rings is 2. The Morgan fingerprint density at radius 3 is 2.65 bits per heavy atom. The molecule has 0 aliphatic heterocycles. The van der Waals surface area contributed by atoms with Gasteiger partial charge >= 0.3 is 0 Å². The van der Waals surface area contributed by atoms with Crippen LogP contribution in [0.1, 0.15) is 23.6 Å². The van der Waals surface area contributed by atoms with Gasteiger partial charge < -0.3 is 20.1 Å². The number of carbonyl (C=O) groups excluding carboxylic acids is 1. The Kier molecular flexibility index (Phi) is 7.96. The normalized spacial score (nSPS) is 10.4. The van der Waals surface area contributed by atoms with E-state index in [2.05, 4.69) is 41.8 Å². The van der Waals surface area contributed by atoms with Crippen molar-refractivity contribution in [1.82, 2.24) is 10.6 Å². The molecular weight excluding hydrogens is 328 g/mol. The van der Waals surface area contributed by atoms with Gasteiger partial charge in [0.25, 0.3) is 5.91 Å². The second-order valence-corrected chi connectivity index (χ2v) is 6.08. The Labute approximate surface area is 155 Å². The molecule has 5 heteroatoms. The lowest BCUT2D eigenvalue weighted by Gasteiger charge is -2.13. The molecule has 140 valence electrons. The number of nitrogens with one attached hydrogen (secondary N) is 2. The molecule has 0 aromatic heterocycles. The van der Waals surface area contributed by atoms with Gasteiger partial charge in [0.15, 0.2) is 18.1 Å². The van der Waals surface area contributed by atoms with Crippen LogP contribution in [0.15, 0.2) is 42.5 Å². The molecule has 0 aliphatic rings. The summed E-state index contributed by atoms with van der Waals surface area (Å²) in [6.07, 6.45) is 0.998. The fourth-order valence-electron chi connectivity index (χ4n) is 2.68. The van der Waals surface area contributed by atoms with Crippen LogP contribution in [0.3, 0.4) is 0 Å². The van der Waals surface area contributed by atoms with E-state index in [1.54, 1.807) is 7.11 Å². The summed E-state index contributed by atoms with van der Waals surface area (Å²) in [5.41, 5.74) is 3.80. The fraction of sp³-hybridized carbons (Fsp3) is 0.381. The first-order chi connectivity index (χ1) is 12.6. The maximum atomic E-state index is 11.5. The predicted molar refractivity (Wildman–Crippen MR) is 104 cm³/mol. The molecule has 0 heterocycles. The number of hydrogen-bond acceptors (Lipinski definition) is 4. The molecule has 2 N–H and O–H groups in total. The standard InChI is InChI=1S/C21H28N2O3/c1-4-23-21(24)15-26-19-10-9-17(13-20(19)25-3)14-22-12-11-18-8-6-5-7-16(18)2/h5-10,13,22H,4,11-12,14-15H2,1-3H3,(H,23,24). The van der Waals surface area contributed by atoms with Crippen molar-refractivity contribution in [1.29, 1.82) is 0 Å². The van der Waals surface area contributed by atoms with E-state index in [0.29, 0.717) is 18.0 Å². The molecule has 0 spiro atoms. The number of ether oxygens (including phenoxy) is 2. The van der Waals surface area contributed by atoms with Gasteiger partial charge in [0, 0.05) is 13.1 Å². The van der Waals surface area contributed by atoms with Crippen LogP contribution in [0.25, 0.3) is 0 Å². The van der Waals surface area contributed by atoms with Crippen molar-refractivity contribution in [3.05, 3.63) is 59.2 Å². The second kappa shape index (κ2) is 10.5. The summed E-state index contributed by atoms with van der Waals surface area (Å²) in [6, 6.07) is 14.2. The molecule has 0 fully saturated rings. The van der Waals surface area contributed by atoms with E-state index in [4.69, 9.17) is 9.47 Å². The molecule has 0 saturated heterocycles. The number of likely N-dealkylation sites (N-methyl/N-ethyl adjacent to an activating group) is 1. The number of hydrogen-bond donors (Lipinski definition) is 2. The molecule has 5 nitrogen and oxygen atoms in total. The third-order valence-corrected chi connectivity index (χ3v) is 4.12. The SMILES string of the molecule is CCNC(=O)COc1ccc(CNCCc2ccccc2C)cc1OC. The van der Waals surface area contributed by atoms with E-state index in [0.717, 1.165) is 25.1 Å². The molecule has 0 radical (unpaired) electrons. The Bertz CT molecular complexity index is 716. The summed E-state index contributed by atoms with van der Waals surface area (Å²) in [5, 5.41) is 6.16. The maximum Gasteiger partial charge on any atom is 0.257 e. The number of methoxy groups -OCH3 is 1. The van der Waals surface area contributed by atoms with E-state index >= 15 is 0 Å². The molecule has 0 aliphatic carbocycles. The third kappa shape index (κ3) is 6.08. The molecule has 2 aromatic carbocycles. The van der Waals surface area contributed by atoms with Gasteiger partial charge in [0.2, 0.25) is 0 Å². The van der Waals surface area contributed by atoms with Crippen molar-refractivity contribution in [2.24, 2.45) is 0 Å². The van der Waals surface area contributed by atoms with Crippen molar-refractivity contribution in [2.75, 3.05) is 26.8 Å². The molecule has 0 unspecified atom stereocenters. The molecule has 1 amide bonds. The lowest BCUT2D eigenvalue weighted by atomic mass is 10.1. The van der Waals surface area contributed by atoms with Gasteiger partial charge in [0.05, 0.1) is 7.11 Å². The van der Waals surface area contributed by atoms with Crippen molar-refractivity contribution in [3.63, 3.8) is 0 Å². The summed E-state index contributed by atoms with van der Waals surface area (Å²) >= 11 is 0. The van der Waals surface area contributed by atoms with Crippen LogP contribution in [0, 0.1) is 6.92 Å². The smallest absolute Gasteiger partial charge is 0.257 e. The Morgan fingerprint density at radius 1 is 1.12 bits per heavy atom. The Balaban J connectivity index is 1.84. The highest BCUT2D eigenvalue weighted by Crippen LogP contribution is 2.28. The van der Waals surface area contributed by atoms with Gasteiger partial charge in [0.1, 0.15) is 0 Å². The van der Waals surface area contributed by atoms with E-state index in [1.807, 2.05) is 25.1 Å². The summed E-state index contributed by atoms with van der Waals surface area (Å²) < 4.78 is 10.9. The first kappa shape index (κ1) is 19.8. The minimum atomic E-state index is -0.142. The van der Waals surface area contributed by atoms with Crippen molar-refractivity contribution >= 4 is 5.91 Å². The lowest BCUT2D eigenvalue weighted by molar-refractivity contribution is -0.123. The second-order valence-electron chi connectivity index (χ2n) is 6.08. The monoisotopic (exact) mass is 356 g/mol. The average molecular weight is 356 g/mol. The summed E-state index contributed by atoms with van der Waals surface area (Å²) in [6.45, 7) is 6.24. The fourth-order valence-corrected chi connectivity index (χ4v) is 2.68. The van der Waals surface area contributed by atoms with Crippen LogP contribution in [-0.2, 0) is 17.8 Å². The van der Waals surface area contributed by atoms with E-state index < -0.39 is 0 Å². The van der Waals surface area contributed by atoms with Crippen LogP contribution >= 0.6 is 0 Å². The maximum absolute atomic E-state index is 11.5. The molecular formula is C21H28N2O3. The molecule has 0 atom stereocenters. The number of aryl methyl sites for hydroxylation is 1. The molecule has 0 saturated carbocycles.